The normalized spacial score (nSPS) is 18.4. The highest BCUT2D eigenvalue weighted by Crippen LogP contribution is 2.54. The first-order chi connectivity index (χ1) is 19.6. The first-order valence-electron chi connectivity index (χ1n) is 16.1. The van der Waals surface area contributed by atoms with Gasteiger partial charge in [0.1, 0.15) is 0 Å². The predicted octanol–water partition coefficient (Wildman–Crippen LogP) is 9.83. The van der Waals surface area contributed by atoms with Crippen molar-refractivity contribution in [3.63, 3.8) is 0 Å². The zero-order chi connectivity index (χ0) is 30.4. The second-order valence-corrected chi connectivity index (χ2v) is 16.2. The van der Waals surface area contributed by atoms with Gasteiger partial charge in [-0.1, -0.05) is 171 Å². The van der Waals surface area contributed by atoms with Crippen molar-refractivity contribution in [1.82, 2.24) is 0 Å². The minimum absolute atomic E-state index is 0.0192. The van der Waals surface area contributed by atoms with Crippen LogP contribution in [0.4, 0.5) is 0 Å². The van der Waals surface area contributed by atoms with Crippen molar-refractivity contribution in [1.29, 1.82) is 0 Å². The fourth-order valence-electron chi connectivity index (χ4n) is 7.87. The van der Waals surface area contributed by atoms with Gasteiger partial charge in [-0.15, -0.1) is 0 Å². The maximum Gasteiger partial charge on any atom is 0.243 e. The fraction of sp³-hybridized carbons (Fsp3) is 0.415. The van der Waals surface area contributed by atoms with Crippen molar-refractivity contribution >= 4 is 23.2 Å². The molecule has 0 nitrogen and oxygen atoms in total. The lowest BCUT2D eigenvalue weighted by molar-refractivity contribution is 0.582. The number of benzene rings is 3. The molecule has 0 N–H and O–H groups in total. The third kappa shape index (κ3) is 4.42. The van der Waals surface area contributed by atoms with Crippen molar-refractivity contribution in [3.05, 3.63) is 112 Å². The molecule has 0 saturated heterocycles. The summed E-state index contributed by atoms with van der Waals surface area (Å²) < 4.78 is 0. The molecule has 3 aliphatic rings. The highest BCUT2D eigenvalue weighted by molar-refractivity contribution is 6.95. The summed E-state index contributed by atoms with van der Waals surface area (Å²) in [5.74, 6) is 0. The third-order valence-electron chi connectivity index (χ3n) is 10.2. The Morgan fingerprint density at radius 3 is 1.98 bits per heavy atom. The first-order valence-corrected chi connectivity index (χ1v) is 16.1. The maximum absolute atomic E-state index is 2.58. The van der Waals surface area contributed by atoms with E-state index in [1.165, 1.54) is 50.0 Å². The molecule has 0 saturated carbocycles. The minimum atomic E-state index is -0.0889. The van der Waals surface area contributed by atoms with Crippen molar-refractivity contribution in [3.8, 4) is 11.1 Å². The predicted molar refractivity (Wildman–Crippen MR) is 186 cm³/mol. The van der Waals surface area contributed by atoms with Gasteiger partial charge in [-0.2, -0.15) is 0 Å². The van der Waals surface area contributed by atoms with Crippen LogP contribution in [0.15, 0.2) is 83.9 Å². The van der Waals surface area contributed by atoms with Crippen LogP contribution in [0.3, 0.4) is 0 Å². The second kappa shape index (κ2) is 9.47. The molecule has 2 aliphatic heterocycles. The molecule has 3 aromatic carbocycles. The van der Waals surface area contributed by atoms with E-state index in [-0.39, 0.29) is 21.7 Å². The summed E-state index contributed by atoms with van der Waals surface area (Å²) in [5.41, 5.74) is 17.9. The second-order valence-electron chi connectivity index (χ2n) is 16.2. The van der Waals surface area contributed by atoms with Gasteiger partial charge in [0.2, 0.25) is 6.71 Å². The van der Waals surface area contributed by atoms with E-state index in [2.05, 4.69) is 149 Å². The van der Waals surface area contributed by atoms with Crippen LogP contribution in [-0.4, -0.2) is 6.71 Å². The summed E-state index contributed by atoms with van der Waals surface area (Å²) in [6.07, 6.45) is 9.39. The maximum atomic E-state index is 2.58. The summed E-state index contributed by atoms with van der Waals surface area (Å²) in [6, 6.07) is 21.8. The SMILES string of the molecule is CC/C=C\CC1=CC(C)(C)C2=C1B1c3ccc(-c4ccc(C(C)(C)C)cc4)cc3C(C)(C)c3cc(C(C)(C)C)cc2c31. The van der Waals surface area contributed by atoms with Crippen molar-refractivity contribution < 1.29 is 0 Å². The summed E-state index contributed by atoms with van der Waals surface area (Å²) >= 11 is 0. The lowest BCUT2D eigenvalue weighted by Gasteiger charge is -2.40. The zero-order valence-electron chi connectivity index (χ0n) is 27.9. The third-order valence-corrected chi connectivity index (χ3v) is 10.2. The van der Waals surface area contributed by atoms with E-state index in [9.17, 15) is 0 Å². The molecule has 1 heteroatoms. The van der Waals surface area contributed by atoms with Crippen molar-refractivity contribution in [2.75, 3.05) is 0 Å². The summed E-state index contributed by atoms with van der Waals surface area (Å²) in [7, 11) is 0. The standard InChI is InChI=1S/C41H49B/c1-12-13-14-15-28-25-40(8,9)35-31-23-30(39(5,6)7)24-33-37(31)42(36(28)35)34-21-18-27(22-32(34)41(33,10)11)26-16-19-29(20-17-26)38(2,3)4/h13-14,16-25H,12,15H2,1-11H3/b14-13-. The molecule has 0 amide bonds. The molecule has 0 bridgehead atoms. The fourth-order valence-corrected chi connectivity index (χ4v) is 7.87. The van der Waals surface area contributed by atoms with Gasteiger partial charge in [0.05, 0.1) is 0 Å². The number of allylic oxidation sites excluding steroid dienone is 6. The lowest BCUT2D eigenvalue weighted by Crippen LogP contribution is -2.55. The number of hydrogen-bond donors (Lipinski definition) is 0. The van der Waals surface area contributed by atoms with Crippen molar-refractivity contribution in [2.45, 2.75) is 105 Å². The Labute approximate surface area is 256 Å². The van der Waals surface area contributed by atoms with Gasteiger partial charge in [-0.05, 0) is 68.2 Å². The smallest absolute Gasteiger partial charge is 0.0885 e. The van der Waals surface area contributed by atoms with Gasteiger partial charge >= 0.3 is 0 Å². The molecule has 0 spiro atoms. The minimum Gasteiger partial charge on any atom is -0.0885 e. The van der Waals surface area contributed by atoms with E-state index in [0.29, 0.717) is 6.71 Å². The summed E-state index contributed by atoms with van der Waals surface area (Å²) in [6.45, 7) is 26.3. The molecule has 0 aromatic heterocycles. The topological polar surface area (TPSA) is 0 Å². The van der Waals surface area contributed by atoms with E-state index >= 15 is 0 Å². The van der Waals surface area contributed by atoms with Crippen LogP contribution in [0.1, 0.15) is 117 Å². The van der Waals surface area contributed by atoms with E-state index < -0.39 is 0 Å². The number of rotatable bonds is 4. The van der Waals surface area contributed by atoms with Gasteiger partial charge in [0, 0.05) is 10.8 Å². The van der Waals surface area contributed by atoms with Gasteiger partial charge in [0.25, 0.3) is 0 Å². The van der Waals surface area contributed by atoms with E-state index in [0.717, 1.165) is 12.8 Å². The van der Waals surface area contributed by atoms with Gasteiger partial charge < -0.3 is 0 Å². The molecule has 0 radical (unpaired) electrons. The van der Waals surface area contributed by atoms with Gasteiger partial charge in [0.15, 0.2) is 0 Å². The van der Waals surface area contributed by atoms with Crippen LogP contribution in [0.25, 0.3) is 16.7 Å². The Bertz CT molecular complexity index is 1670. The Balaban J connectivity index is 1.59. The molecule has 0 atom stereocenters. The molecular weight excluding hydrogens is 503 g/mol. The Morgan fingerprint density at radius 1 is 0.714 bits per heavy atom. The average molecular weight is 553 g/mol. The highest BCUT2D eigenvalue weighted by Gasteiger charge is 2.51. The molecule has 1 aliphatic carbocycles. The summed E-state index contributed by atoms with van der Waals surface area (Å²) in [4.78, 5) is 0. The van der Waals surface area contributed by atoms with E-state index in [1.54, 1.807) is 16.5 Å². The monoisotopic (exact) mass is 552 g/mol. The molecule has 0 unspecified atom stereocenters. The van der Waals surface area contributed by atoms with Crippen LogP contribution in [0.2, 0.25) is 0 Å². The van der Waals surface area contributed by atoms with Gasteiger partial charge in [-0.25, -0.2) is 0 Å². The summed E-state index contributed by atoms with van der Waals surface area (Å²) in [5, 5.41) is 0. The van der Waals surface area contributed by atoms with Crippen LogP contribution in [-0.2, 0) is 16.2 Å². The molecule has 6 rings (SSSR count). The first kappa shape index (κ1) is 29.0. The van der Waals surface area contributed by atoms with Gasteiger partial charge in [-0.3, -0.25) is 0 Å². The Kier molecular flexibility index (Phi) is 6.55. The van der Waals surface area contributed by atoms with E-state index in [4.69, 9.17) is 0 Å². The van der Waals surface area contributed by atoms with Crippen LogP contribution >= 0.6 is 0 Å². The Hall–Kier alpha value is -3.06. The molecular formula is C41H49B. The molecule has 2 heterocycles. The molecule has 42 heavy (non-hydrogen) atoms. The quantitative estimate of drug-likeness (QED) is 0.223. The molecule has 0 fully saturated rings. The van der Waals surface area contributed by atoms with E-state index in [1.807, 2.05) is 0 Å². The largest absolute Gasteiger partial charge is 0.243 e. The van der Waals surface area contributed by atoms with Crippen LogP contribution < -0.4 is 10.9 Å². The zero-order valence-corrected chi connectivity index (χ0v) is 27.9. The van der Waals surface area contributed by atoms with Crippen LogP contribution in [0.5, 0.6) is 0 Å². The number of hydrogen-bond acceptors (Lipinski definition) is 0. The Morgan fingerprint density at radius 2 is 1.36 bits per heavy atom. The molecule has 216 valence electrons. The lowest BCUT2D eigenvalue weighted by atomic mass is 9.31. The van der Waals surface area contributed by atoms with Crippen LogP contribution in [0, 0.1) is 5.41 Å². The highest BCUT2D eigenvalue weighted by atomic mass is 14.4. The average Bonchev–Trinajstić information content (AvgIpc) is 3.39. The number of fused-ring (bicyclic) bond motifs is 4. The molecule has 3 aromatic rings. The van der Waals surface area contributed by atoms with Crippen molar-refractivity contribution in [2.24, 2.45) is 5.41 Å².